The average Bonchev–Trinajstić information content (AvgIpc) is 3.59. The van der Waals surface area contributed by atoms with Crippen LogP contribution in [0.1, 0.15) is 42.2 Å². The minimum atomic E-state index is -2.76. The van der Waals surface area contributed by atoms with Gasteiger partial charge in [0, 0.05) is 83.2 Å². The highest BCUT2D eigenvalue weighted by atomic mass is 35.5. The van der Waals surface area contributed by atoms with Crippen molar-refractivity contribution in [1.29, 1.82) is 0 Å². The first-order valence-corrected chi connectivity index (χ1v) is 14.8. The molecule has 208 valence electrons. The minimum absolute atomic E-state index is 0.0512. The third-order valence-corrected chi connectivity index (χ3v) is 9.75. The Morgan fingerprint density at radius 3 is 2.75 bits per heavy atom. The number of nitrogens with one attached hydrogen (secondary N) is 1. The molecule has 1 atom stereocenters. The number of pyridine rings is 1. The number of benzene rings is 1. The summed E-state index contributed by atoms with van der Waals surface area (Å²) in [7, 11) is 0. The molecule has 2 aliphatic heterocycles. The molecule has 11 heteroatoms. The van der Waals surface area contributed by atoms with Crippen LogP contribution >= 0.6 is 22.9 Å². The third kappa shape index (κ3) is 4.46. The van der Waals surface area contributed by atoms with Crippen LogP contribution in [0.25, 0.3) is 21.3 Å². The lowest BCUT2D eigenvalue weighted by Gasteiger charge is -2.38. The predicted octanol–water partition coefficient (Wildman–Crippen LogP) is 5.07. The lowest BCUT2D eigenvalue weighted by molar-refractivity contribution is -0.105. The van der Waals surface area contributed by atoms with Gasteiger partial charge >= 0.3 is 5.69 Å². The number of fused-ring (bicyclic) bond motifs is 2. The lowest BCUT2D eigenvalue weighted by atomic mass is 9.88. The van der Waals surface area contributed by atoms with E-state index in [9.17, 15) is 18.4 Å². The Bertz CT molecular complexity index is 1730. The van der Waals surface area contributed by atoms with Crippen LogP contribution in [0.4, 0.5) is 14.5 Å². The standard InChI is InChI=1S/C29H28ClF2N5O2S/c30-18-10-17-2-1-8-35(19-3-6-33-15-19)26(17)23(11-18)22-4-7-34-24-12-21(40-27(22)24)16-37-25(38)5-9-36(28(37)39)20-13-29(31,32)14-20/h4-5,7,9-12,19-20,33H,1-3,6,8,13-16H2/t19-/m0/s1. The number of anilines is 1. The van der Waals surface area contributed by atoms with Gasteiger partial charge in [0.2, 0.25) is 0 Å². The molecule has 7 rings (SSSR count). The van der Waals surface area contributed by atoms with Gasteiger partial charge in [0.1, 0.15) is 0 Å². The zero-order valence-corrected chi connectivity index (χ0v) is 23.3. The van der Waals surface area contributed by atoms with Gasteiger partial charge in [0.05, 0.1) is 16.8 Å². The van der Waals surface area contributed by atoms with Crippen molar-refractivity contribution in [3.8, 4) is 11.1 Å². The van der Waals surface area contributed by atoms with Gasteiger partial charge in [-0.25, -0.2) is 13.6 Å². The van der Waals surface area contributed by atoms with Crippen molar-refractivity contribution in [2.75, 3.05) is 24.5 Å². The molecule has 1 aliphatic carbocycles. The predicted molar refractivity (Wildman–Crippen MR) is 154 cm³/mol. The summed E-state index contributed by atoms with van der Waals surface area (Å²) >= 11 is 8.14. The van der Waals surface area contributed by atoms with E-state index in [4.69, 9.17) is 11.6 Å². The molecule has 0 spiro atoms. The Kier molecular flexibility index (Phi) is 6.32. The number of hydrogen-bond donors (Lipinski definition) is 1. The van der Waals surface area contributed by atoms with Crippen LogP contribution in [0.2, 0.25) is 5.02 Å². The van der Waals surface area contributed by atoms with Crippen LogP contribution in [0.5, 0.6) is 0 Å². The first-order chi connectivity index (χ1) is 19.3. The molecule has 7 nitrogen and oxygen atoms in total. The second-order valence-corrected chi connectivity index (χ2v) is 12.6. The highest BCUT2D eigenvalue weighted by molar-refractivity contribution is 7.19. The molecule has 0 bridgehead atoms. The Labute approximate surface area is 238 Å². The molecule has 40 heavy (non-hydrogen) atoms. The van der Waals surface area contributed by atoms with Crippen molar-refractivity contribution in [3.05, 3.63) is 79.0 Å². The van der Waals surface area contributed by atoms with Gasteiger partial charge in [0.15, 0.2) is 0 Å². The summed E-state index contributed by atoms with van der Waals surface area (Å²) in [6.07, 6.45) is 5.49. The average molecular weight is 584 g/mol. The maximum atomic E-state index is 13.5. The van der Waals surface area contributed by atoms with Crippen LogP contribution in [0, 0.1) is 0 Å². The van der Waals surface area contributed by atoms with Crippen molar-refractivity contribution >= 4 is 38.8 Å². The second-order valence-electron chi connectivity index (χ2n) is 11.0. The van der Waals surface area contributed by atoms with E-state index in [1.807, 2.05) is 18.2 Å². The summed E-state index contributed by atoms with van der Waals surface area (Å²) in [5, 5.41) is 4.18. The number of aryl methyl sites for hydroxylation is 1. The molecule has 1 N–H and O–H groups in total. The molecule has 5 heterocycles. The largest absolute Gasteiger partial charge is 0.366 e. The second kappa shape index (κ2) is 9.78. The van der Waals surface area contributed by atoms with E-state index in [0.29, 0.717) is 11.1 Å². The molecule has 0 unspecified atom stereocenters. The number of thiophene rings is 1. The van der Waals surface area contributed by atoms with Crippen molar-refractivity contribution in [1.82, 2.24) is 19.4 Å². The number of nitrogens with zero attached hydrogens (tertiary/aromatic N) is 4. The Morgan fingerprint density at radius 1 is 1.12 bits per heavy atom. The van der Waals surface area contributed by atoms with Crippen LogP contribution in [-0.2, 0) is 13.0 Å². The van der Waals surface area contributed by atoms with Gasteiger partial charge in [-0.15, -0.1) is 11.3 Å². The Hall–Kier alpha value is -3.08. The van der Waals surface area contributed by atoms with Crippen LogP contribution in [-0.4, -0.2) is 45.7 Å². The molecule has 0 radical (unpaired) electrons. The molecule has 4 aromatic rings. The molecule has 1 saturated carbocycles. The third-order valence-electron chi connectivity index (χ3n) is 8.39. The summed E-state index contributed by atoms with van der Waals surface area (Å²) in [4.78, 5) is 33.7. The summed E-state index contributed by atoms with van der Waals surface area (Å²) in [5.74, 6) is -2.76. The van der Waals surface area contributed by atoms with E-state index in [1.165, 1.54) is 39.4 Å². The fourth-order valence-electron chi connectivity index (χ4n) is 6.43. The van der Waals surface area contributed by atoms with Crippen LogP contribution in [0.3, 0.4) is 0 Å². The maximum absolute atomic E-state index is 13.5. The first kappa shape index (κ1) is 25.9. The highest BCUT2D eigenvalue weighted by Gasteiger charge is 2.46. The number of rotatable bonds is 5. The zero-order chi connectivity index (χ0) is 27.6. The molecular formula is C29H28ClF2N5O2S. The minimum Gasteiger partial charge on any atom is -0.366 e. The van der Waals surface area contributed by atoms with E-state index in [2.05, 4.69) is 21.3 Å². The lowest BCUT2D eigenvalue weighted by Crippen LogP contribution is -2.46. The smallest absolute Gasteiger partial charge is 0.331 e. The van der Waals surface area contributed by atoms with Crippen LogP contribution in [0.15, 0.2) is 52.3 Å². The van der Waals surface area contributed by atoms with E-state index >= 15 is 0 Å². The number of halogens is 3. The molecule has 1 aromatic carbocycles. The molecule has 2 fully saturated rings. The molecular weight excluding hydrogens is 556 g/mol. The van der Waals surface area contributed by atoms with E-state index < -0.39 is 23.2 Å². The quantitative estimate of drug-likeness (QED) is 0.355. The number of alkyl halides is 2. The molecule has 3 aromatic heterocycles. The van der Waals surface area contributed by atoms with Crippen molar-refractivity contribution in [3.63, 3.8) is 0 Å². The first-order valence-electron chi connectivity index (χ1n) is 13.6. The summed E-state index contributed by atoms with van der Waals surface area (Å²) in [6, 6.07) is 9.13. The Morgan fingerprint density at radius 2 is 1.98 bits per heavy atom. The normalized spacial score (nSPS) is 20.6. The van der Waals surface area contributed by atoms with Gasteiger partial charge < -0.3 is 10.2 Å². The highest BCUT2D eigenvalue weighted by Crippen LogP contribution is 2.46. The Balaban J connectivity index is 1.29. The van der Waals surface area contributed by atoms with Crippen molar-refractivity contribution in [2.45, 2.75) is 56.7 Å². The van der Waals surface area contributed by atoms with Gasteiger partial charge in [-0.1, -0.05) is 11.6 Å². The maximum Gasteiger partial charge on any atom is 0.331 e. The van der Waals surface area contributed by atoms with E-state index in [-0.39, 0.29) is 19.4 Å². The van der Waals surface area contributed by atoms with Gasteiger partial charge in [-0.05, 0) is 55.6 Å². The topological polar surface area (TPSA) is 72.2 Å². The summed E-state index contributed by atoms with van der Waals surface area (Å²) < 4.78 is 30.3. The van der Waals surface area contributed by atoms with Crippen molar-refractivity contribution < 1.29 is 8.78 Å². The van der Waals surface area contributed by atoms with Gasteiger partial charge in [0.25, 0.3) is 11.5 Å². The number of aromatic nitrogens is 3. The van der Waals surface area contributed by atoms with E-state index in [0.717, 1.165) is 69.7 Å². The van der Waals surface area contributed by atoms with Gasteiger partial charge in [-0.3, -0.25) is 18.9 Å². The fourth-order valence-corrected chi connectivity index (χ4v) is 7.80. The molecule has 1 saturated heterocycles. The van der Waals surface area contributed by atoms with Gasteiger partial charge in [-0.2, -0.15) is 0 Å². The van der Waals surface area contributed by atoms with Crippen LogP contribution < -0.4 is 21.5 Å². The summed E-state index contributed by atoms with van der Waals surface area (Å²) in [5.41, 5.74) is 4.32. The van der Waals surface area contributed by atoms with E-state index in [1.54, 1.807) is 6.20 Å². The number of hydrogen-bond acceptors (Lipinski definition) is 6. The molecule has 3 aliphatic rings. The monoisotopic (exact) mass is 583 g/mol. The fraction of sp³-hybridized carbons (Fsp3) is 0.414. The molecule has 0 amide bonds. The SMILES string of the molecule is O=c1ccn(C2CC(F)(F)C2)c(=O)n1Cc1cc2nccc(-c3cc(Cl)cc4c3N([C@H]3CCNC3)CCC4)c2s1. The zero-order valence-electron chi connectivity index (χ0n) is 21.7. The summed E-state index contributed by atoms with van der Waals surface area (Å²) in [6.45, 7) is 3.01. The van der Waals surface area contributed by atoms with Crippen molar-refractivity contribution in [2.24, 2.45) is 0 Å².